The second kappa shape index (κ2) is 6.62. The van der Waals surface area contributed by atoms with Crippen molar-refractivity contribution in [3.05, 3.63) is 17.8 Å². The zero-order chi connectivity index (χ0) is 14.5. The van der Waals surface area contributed by atoms with Gasteiger partial charge in [0.2, 0.25) is 0 Å². The molecule has 1 fully saturated rings. The molecule has 0 aliphatic carbocycles. The Morgan fingerprint density at radius 2 is 2.30 bits per heavy atom. The Morgan fingerprint density at radius 1 is 1.50 bits per heavy atom. The van der Waals surface area contributed by atoms with Crippen LogP contribution in [-0.2, 0) is 4.74 Å². The largest absolute Gasteiger partial charge is 0.373 e. The van der Waals surface area contributed by atoms with Gasteiger partial charge in [0, 0.05) is 33.7 Å². The van der Waals surface area contributed by atoms with E-state index in [0.717, 1.165) is 25.5 Å². The van der Waals surface area contributed by atoms with Gasteiger partial charge in [-0.1, -0.05) is 0 Å². The minimum Gasteiger partial charge on any atom is -0.373 e. The normalized spacial score (nSPS) is 18.9. The van der Waals surface area contributed by atoms with E-state index >= 15 is 0 Å². The van der Waals surface area contributed by atoms with Crippen LogP contribution in [-0.4, -0.2) is 74.5 Å². The zero-order valence-electron chi connectivity index (χ0n) is 12.2. The van der Waals surface area contributed by atoms with Crippen LogP contribution in [0.15, 0.2) is 12.1 Å². The van der Waals surface area contributed by atoms with E-state index in [1.807, 2.05) is 13.1 Å². The lowest BCUT2D eigenvalue weighted by molar-refractivity contribution is 0.0418. The van der Waals surface area contributed by atoms with Crippen molar-refractivity contribution >= 4 is 11.7 Å². The number of hydrogen-bond acceptors (Lipinski definition) is 6. The van der Waals surface area contributed by atoms with Crippen LogP contribution in [0.2, 0.25) is 0 Å². The lowest BCUT2D eigenvalue weighted by atomic mass is 10.2. The van der Waals surface area contributed by atoms with Crippen molar-refractivity contribution in [1.29, 1.82) is 0 Å². The van der Waals surface area contributed by atoms with Crippen molar-refractivity contribution in [2.24, 2.45) is 0 Å². The fourth-order valence-electron chi connectivity index (χ4n) is 2.12. The molecule has 110 valence electrons. The lowest BCUT2D eigenvalue weighted by Gasteiger charge is -2.33. The van der Waals surface area contributed by atoms with Gasteiger partial charge >= 0.3 is 0 Å². The number of nitrogens with zero attached hydrogens (tertiary/aromatic N) is 4. The smallest absolute Gasteiger partial charge is 0.273 e. The molecular weight excluding hydrogens is 258 g/mol. The molecule has 2 rings (SSSR count). The Hall–Kier alpha value is -1.73. The van der Waals surface area contributed by atoms with Crippen molar-refractivity contribution in [3.63, 3.8) is 0 Å². The van der Waals surface area contributed by atoms with E-state index in [1.54, 1.807) is 20.2 Å². The Morgan fingerprint density at radius 3 is 2.90 bits per heavy atom. The summed E-state index contributed by atoms with van der Waals surface area (Å²) in [7, 11) is 5.30. The van der Waals surface area contributed by atoms with Crippen LogP contribution < -0.4 is 10.2 Å². The molecule has 1 atom stereocenters. The standard InChI is InChI=1S/C13H21N5O2/c1-14-8-10-9-18(6-7-20-10)12-5-4-11(15-16-12)13(19)17(2)3/h4-5,10,14H,6-9H2,1-3H3. The van der Waals surface area contributed by atoms with Gasteiger partial charge in [-0.25, -0.2) is 0 Å². The van der Waals surface area contributed by atoms with Crippen LogP contribution in [0.3, 0.4) is 0 Å². The molecule has 1 unspecified atom stereocenters. The van der Waals surface area contributed by atoms with Crippen LogP contribution in [0.5, 0.6) is 0 Å². The highest BCUT2D eigenvalue weighted by Gasteiger charge is 2.21. The topological polar surface area (TPSA) is 70.6 Å². The SMILES string of the molecule is CNCC1CN(c2ccc(C(=O)N(C)C)nn2)CCO1. The maximum absolute atomic E-state index is 11.8. The van der Waals surface area contributed by atoms with Crippen molar-refractivity contribution in [2.75, 3.05) is 52.3 Å². The molecule has 0 bridgehead atoms. The molecule has 1 aliphatic rings. The maximum atomic E-state index is 11.8. The van der Waals surface area contributed by atoms with Gasteiger partial charge in [0.05, 0.1) is 12.7 Å². The maximum Gasteiger partial charge on any atom is 0.273 e. The molecule has 1 N–H and O–H groups in total. The summed E-state index contributed by atoms with van der Waals surface area (Å²) < 4.78 is 5.65. The van der Waals surface area contributed by atoms with E-state index in [1.165, 1.54) is 4.90 Å². The third kappa shape index (κ3) is 3.43. The lowest BCUT2D eigenvalue weighted by Crippen LogP contribution is -2.46. The molecule has 2 heterocycles. The van der Waals surface area contributed by atoms with Gasteiger partial charge in [0.25, 0.3) is 5.91 Å². The molecule has 7 nitrogen and oxygen atoms in total. The van der Waals surface area contributed by atoms with Crippen molar-refractivity contribution < 1.29 is 9.53 Å². The number of aromatic nitrogens is 2. The van der Waals surface area contributed by atoms with E-state index in [9.17, 15) is 4.79 Å². The predicted molar refractivity (Wildman–Crippen MR) is 75.9 cm³/mol. The van der Waals surface area contributed by atoms with Gasteiger partial charge in [-0.3, -0.25) is 4.79 Å². The van der Waals surface area contributed by atoms with Gasteiger partial charge in [-0.15, -0.1) is 10.2 Å². The van der Waals surface area contributed by atoms with Crippen LogP contribution in [0.1, 0.15) is 10.5 Å². The fourth-order valence-corrected chi connectivity index (χ4v) is 2.12. The molecule has 1 amide bonds. The van der Waals surface area contributed by atoms with Gasteiger partial charge in [0.15, 0.2) is 11.5 Å². The number of morpholine rings is 1. The molecule has 0 radical (unpaired) electrons. The number of anilines is 1. The summed E-state index contributed by atoms with van der Waals surface area (Å²) >= 11 is 0. The summed E-state index contributed by atoms with van der Waals surface area (Å²) in [5.41, 5.74) is 0.360. The van der Waals surface area contributed by atoms with E-state index in [-0.39, 0.29) is 12.0 Å². The monoisotopic (exact) mass is 279 g/mol. The summed E-state index contributed by atoms with van der Waals surface area (Å²) in [4.78, 5) is 15.4. The van der Waals surface area contributed by atoms with Crippen molar-refractivity contribution in [3.8, 4) is 0 Å². The molecule has 0 aromatic carbocycles. The van der Waals surface area contributed by atoms with E-state index in [4.69, 9.17) is 4.74 Å². The first-order valence-corrected chi connectivity index (χ1v) is 6.68. The minimum atomic E-state index is -0.140. The highest BCUT2D eigenvalue weighted by Crippen LogP contribution is 2.14. The number of ether oxygens (including phenoxy) is 1. The zero-order valence-corrected chi connectivity index (χ0v) is 12.2. The number of rotatable bonds is 4. The van der Waals surface area contributed by atoms with Gasteiger partial charge in [0.1, 0.15) is 0 Å². The highest BCUT2D eigenvalue weighted by atomic mass is 16.5. The number of likely N-dealkylation sites (N-methyl/N-ethyl adjacent to an activating group) is 1. The summed E-state index contributed by atoms with van der Waals surface area (Å²) in [5, 5.41) is 11.3. The summed E-state index contributed by atoms with van der Waals surface area (Å²) in [6.07, 6.45) is 0.152. The second-order valence-electron chi connectivity index (χ2n) is 4.97. The molecule has 1 aromatic heterocycles. The molecule has 7 heteroatoms. The number of nitrogens with one attached hydrogen (secondary N) is 1. The number of hydrogen-bond donors (Lipinski definition) is 1. The average Bonchev–Trinajstić information content (AvgIpc) is 2.47. The van der Waals surface area contributed by atoms with Crippen LogP contribution in [0, 0.1) is 0 Å². The van der Waals surface area contributed by atoms with Gasteiger partial charge in [-0.2, -0.15) is 0 Å². The van der Waals surface area contributed by atoms with E-state index < -0.39 is 0 Å². The van der Waals surface area contributed by atoms with E-state index in [0.29, 0.717) is 12.3 Å². The fraction of sp³-hybridized carbons (Fsp3) is 0.615. The van der Waals surface area contributed by atoms with Gasteiger partial charge < -0.3 is 19.9 Å². The van der Waals surface area contributed by atoms with E-state index in [2.05, 4.69) is 20.4 Å². The molecule has 1 aromatic rings. The van der Waals surface area contributed by atoms with Crippen molar-refractivity contribution in [1.82, 2.24) is 20.4 Å². The first kappa shape index (κ1) is 14.7. The molecular formula is C13H21N5O2. The van der Waals surface area contributed by atoms with Crippen LogP contribution >= 0.6 is 0 Å². The van der Waals surface area contributed by atoms with Gasteiger partial charge in [-0.05, 0) is 19.2 Å². The Bertz CT molecular complexity index is 447. The predicted octanol–water partition coefficient (Wildman–Crippen LogP) is -0.397. The second-order valence-corrected chi connectivity index (χ2v) is 4.97. The number of carbonyl (C=O) groups is 1. The minimum absolute atomic E-state index is 0.140. The Labute approximate surface area is 118 Å². The first-order valence-electron chi connectivity index (χ1n) is 6.68. The Kier molecular flexibility index (Phi) is 4.86. The quantitative estimate of drug-likeness (QED) is 0.809. The Balaban J connectivity index is 2.04. The molecule has 1 saturated heterocycles. The molecule has 0 saturated carbocycles. The molecule has 1 aliphatic heterocycles. The van der Waals surface area contributed by atoms with Crippen LogP contribution in [0.25, 0.3) is 0 Å². The molecule has 20 heavy (non-hydrogen) atoms. The van der Waals surface area contributed by atoms with Crippen molar-refractivity contribution in [2.45, 2.75) is 6.10 Å². The number of amides is 1. The first-order chi connectivity index (χ1) is 9.61. The third-order valence-corrected chi connectivity index (χ3v) is 3.17. The third-order valence-electron chi connectivity index (χ3n) is 3.17. The highest BCUT2D eigenvalue weighted by molar-refractivity contribution is 5.91. The average molecular weight is 279 g/mol. The number of carbonyl (C=O) groups excluding carboxylic acids is 1. The van der Waals surface area contributed by atoms with Crippen LogP contribution in [0.4, 0.5) is 5.82 Å². The summed E-state index contributed by atoms with van der Waals surface area (Å²) in [6.45, 7) is 3.04. The molecule has 0 spiro atoms. The summed E-state index contributed by atoms with van der Waals surface area (Å²) in [6, 6.07) is 3.55. The summed E-state index contributed by atoms with van der Waals surface area (Å²) in [5.74, 6) is 0.642.